The van der Waals surface area contributed by atoms with Crippen molar-refractivity contribution in [2.45, 2.75) is 50.2 Å². The van der Waals surface area contributed by atoms with E-state index in [4.69, 9.17) is 0 Å². The van der Waals surface area contributed by atoms with E-state index in [1.807, 2.05) is 29.4 Å². The van der Waals surface area contributed by atoms with Crippen LogP contribution in [-0.4, -0.2) is 49.3 Å². The molecular weight excluding hydrogens is 404 g/mol. The van der Waals surface area contributed by atoms with Gasteiger partial charge in [0, 0.05) is 37.3 Å². The maximum atomic E-state index is 12.8. The number of carbonyl (C=O) groups is 1. The number of thioether (sulfide) groups is 1. The summed E-state index contributed by atoms with van der Waals surface area (Å²) in [6.45, 7) is 5.65. The number of nitrogens with zero attached hydrogens (tertiary/aromatic N) is 3. The number of rotatable bonds is 5. The number of carbonyl (C=O) groups excluding carboxylic acids is 1. The topological polar surface area (TPSA) is 108 Å². The molecule has 30 heavy (non-hydrogen) atoms. The number of amides is 1. The van der Waals surface area contributed by atoms with Crippen LogP contribution in [0.1, 0.15) is 49.8 Å². The largest absolute Gasteiger partial charge is 0.493 e. The van der Waals surface area contributed by atoms with Gasteiger partial charge in [-0.3, -0.25) is 14.4 Å². The van der Waals surface area contributed by atoms with E-state index in [9.17, 15) is 19.5 Å². The van der Waals surface area contributed by atoms with Crippen molar-refractivity contribution in [2.75, 3.05) is 18.8 Å². The number of pyridine rings is 1. The molecule has 1 fully saturated rings. The van der Waals surface area contributed by atoms with Crippen LogP contribution >= 0.6 is 11.8 Å². The monoisotopic (exact) mass is 430 g/mol. The van der Waals surface area contributed by atoms with Gasteiger partial charge in [0.05, 0.1) is 11.3 Å². The first-order chi connectivity index (χ1) is 14.4. The summed E-state index contributed by atoms with van der Waals surface area (Å²) >= 11 is 1.12. The first-order valence-corrected chi connectivity index (χ1v) is 11.3. The lowest BCUT2D eigenvalue weighted by Gasteiger charge is -2.42. The first kappa shape index (κ1) is 20.7. The van der Waals surface area contributed by atoms with Crippen LogP contribution in [0, 0.1) is 5.92 Å². The molecule has 3 atom stereocenters. The molecule has 2 aromatic heterocycles. The zero-order valence-corrected chi connectivity index (χ0v) is 17.9. The summed E-state index contributed by atoms with van der Waals surface area (Å²) in [5, 5.41) is 10.4. The zero-order valence-electron chi connectivity index (χ0n) is 17.1. The molecule has 8 nitrogen and oxygen atoms in total. The van der Waals surface area contributed by atoms with Gasteiger partial charge in [-0.05, 0) is 30.7 Å². The van der Waals surface area contributed by atoms with Crippen LogP contribution in [0.5, 0.6) is 5.88 Å². The van der Waals surface area contributed by atoms with Gasteiger partial charge in [-0.25, -0.2) is 0 Å². The second-order valence-electron chi connectivity index (χ2n) is 8.20. The van der Waals surface area contributed by atoms with Gasteiger partial charge in [-0.2, -0.15) is 4.98 Å². The lowest BCUT2D eigenvalue weighted by Crippen LogP contribution is -2.49. The Labute approximate surface area is 178 Å². The van der Waals surface area contributed by atoms with Crippen LogP contribution in [0.4, 0.5) is 0 Å². The van der Waals surface area contributed by atoms with Gasteiger partial charge in [-0.15, -0.1) is 0 Å². The smallest absolute Gasteiger partial charge is 0.258 e. The van der Waals surface area contributed by atoms with E-state index in [1.54, 1.807) is 12.1 Å². The summed E-state index contributed by atoms with van der Waals surface area (Å²) in [6.07, 6.45) is 1.70. The van der Waals surface area contributed by atoms with Crippen molar-refractivity contribution in [3.05, 3.63) is 50.2 Å². The molecule has 2 aliphatic rings. The first-order valence-electron chi connectivity index (χ1n) is 10.3. The van der Waals surface area contributed by atoms with Crippen molar-refractivity contribution >= 4 is 17.7 Å². The molecule has 0 aliphatic carbocycles. The summed E-state index contributed by atoms with van der Waals surface area (Å²) in [7, 11) is 0. The van der Waals surface area contributed by atoms with Crippen LogP contribution in [0.2, 0.25) is 0 Å². The molecule has 0 aromatic carbocycles. The Morgan fingerprint density at radius 1 is 1.33 bits per heavy atom. The highest BCUT2D eigenvalue weighted by atomic mass is 32.2. The molecule has 2 aromatic rings. The van der Waals surface area contributed by atoms with Crippen LogP contribution in [0.25, 0.3) is 0 Å². The van der Waals surface area contributed by atoms with E-state index in [-0.39, 0.29) is 57.1 Å². The standard InChI is InChI=1S/C21H26N4O4S/c1-3-12(2)18-19(28)22-21(23-20(18)29)30-11-17(27)24-8-13-7-14(10-24)15-5-4-6-16(26)25(15)9-13/h4-6,12-14H,3,7-11H2,1-2H3,(H2,22,23,28,29)/t12-,13+,14-/m0/s1. The number of nitrogens with one attached hydrogen (secondary N) is 1. The summed E-state index contributed by atoms with van der Waals surface area (Å²) < 4.78 is 1.84. The summed E-state index contributed by atoms with van der Waals surface area (Å²) in [4.78, 5) is 45.8. The van der Waals surface area contributed by atoms with Crippen LogP contribution in [0.3, 0.4) is 0 Å². The van der Waals surface area contributed by atoms with Gasteiger partial charge in [0.25, 0.3) is 11.1 Å². The normalized spacial score (nSPS) is 21.2. The molecule has 0 saturated carbocycles. The van der Waals surface area contributed by atoms with Crippen molar-refractivity contribution in [1.29, 1.82) is 0 Å². The Kier molecular flexibility index (Phi) is 5.73. The lowest BCUT2D eigenvalue weighted by molar-refractivity contribution is -0.131. The second kappa shape index (κ2) is 8.29. The number of fused-ring (bicyclic) bond motifs is 4. The average Bonchev–Trinajstić information content (AvgIpc) is 2.72. The number of aromatic amines is 1. The minimum Gasteiger partial charge on any atom is -0.493 e. The van der Waals surface area contributed by atoms with Crippen molar-refractivity contribution in [3.8, 4) is 5.88 Å². The van der Waals surface area contributed by atoms with Crippen molar-refractivity contribution < 1.29 is 9.90 Å². The highest BCUT2D eigenvalue weighted by molar-refractivity contribution is 7.99. The highest BCUT2D eigenvalue weighted by Gasteiger charge is 2.36. The molecule has 0 unspecified atom stereocenters. The molecule has 0 radical (unpaired) electrons. The Morgan fingerprint density at radius 2 is 2.13 bits per heavy atom. The van der Waals surface area contributed by atoms with E-state index in [1.165, 1.54) is 0 Å². The van der Waals surface area contributed by atoms with E-state index in [0.717, 1.165) is 30.3 Å². The highest BCUT2D eigenvalue weighted by Crippen LogP contribution is 2.35. The van der Waals surface area contributed by atoms with Crippen LogP contribution in [0.15, 0.2) is 32.9 Å². The number of aromatic nitrogens is 3. The van der Waals surface area contributed by atoms with E-state index in [0.29, 0.717) is 19.6 Å². The average molecular weight is 431 g/mol. The number of H-pyrrole nitrogens is 1. The molecule has 2 N–H and O–H groups in total. The van der Waals surface area contributed by atoms with Gasteiger partial charge in [0.15, 0.2) is 5.16 Å². The molecule has 2 bridgehead atoms. The van der Waals surface area contributed by atoms with Gasteiger partial charge in [0.1, 0.15) is 0 Å². The SMILES string of the molecule is CC[C@H](C)c1c(O)nc(SCC(=O)N2C[C@H]3C[C@@H](C2)c2cccc(=O)n2C3)[nH]c1=O. The molecule has 160 valence electrons. The maximum Gasteiger partial charge on any atom is 0.258 e. The fourth-order valence-electron chi connectivity index (χ4n) is 4.49. The van der Waals surface area contributed by atoms with Gasteiger partial charge >= 0.3 is 0 Å². The van der Waals surface area contributed by atoms with Gasteiger partial charge < -0.3 is 19.6 Å². The zero-order chi connectivity index (χ0) is 21.4. The third-order valence-corrected chi connectivity index (χ3v) is 7.04. The number of hydrogen-bond donors (Lipinski definition) is 2. The molecule has 0 spiro atoms. The number of hydrogen-bond acceptors (Lipinski definition) is 6. The van der Waals surface area contributed by atoms with Crippen molar-refractivity contribution in [2.24, 2.45) is 5.92 Å². The minimum atomic E-state index is -0.360. The van der Waals surface area contributed by atoms with Crippen LogP contribution in [-0.2, 0) is 11.3 Å². The molecular formula is C21H26N4O4S. The molecule has 1 saturated heterocycles. The Bertz CT molecular complexity index is 1080. The Balaban J connectivity index is 1.43. The van der Waals surface area contributed by atoms with Gasteiger partial charge in [-0.1, -0.05) is 31.7 Å². The quantitative estimate of drug-likeness (QED) is 0.554. The number of aromatic hydroxyl groups is 1. The number of piperidine rings is 1. The molecule has 2 aliphatic heterocycles. The second-order valence-corrected chi connectivity index (χ2v) is 9.17. The fraction of sp³-hybridized carbons (Fsp3) is 0.524. The Hall–Kier alpha value is -2.55. The molecule has 1 amide bonds. The minimum absolute atomic E-state index is 0.0215. The molecule has 9 heteroatoms. The summed E-state index contributed by atoms with van der Waals surface area (Å²) in [5.41, 5.74) is 0.945. The predicted molar refractivity (Wildman–Crippen MR) is 114 cm³/mol. The Morgan fingerprint density at radius 3 is 2.87 bits per heavy atom. The summed E-state index contributed by atoms with van der Waals surface area (Å²) in [5.74, 6) is 0.169. The predicted octanol–water partition coefficient (Wildman–Crippen LogP) is 1.89. The van der Waals surface area contributed by atoms with Gasteiger partial charge in [0.2, 0.25) is 11.8 Å². The molecule has 4 rings (SSSR count). The van der Waals surface area contributed by atoms with E-state index < -0.39 is 0 Å². The third kappa shape index (κ3) is 3.90. The maximum absolute atomic E-state index is 12.8. The van der Waals surface area contributed by atoms with Crippen molar-refractivity contribution in [1.82, 2.24) is 19.4 Å². The fourth-order valence-corrected chi connectivity index (χ4v) is 5.25. The lowest BCUT2D eigenvalue weighted by atomic mass is 9.83. The van der Waals surface area contributed by atoms with E-state index in [2.05, 4.69) is 9.97 Å². The number of likely N-dealkylation sites (tertiary alicyclic amines) is 1. The third-order valence-electron chi connectivity index (χ3n) is 6.18. The summed E-state index contributed by atoms with van der Waals surface area (Å²) in [6, 6.07) is 5.34. The van der Waals surface area contributed by atoms with Crippen LogP contribution < -0.4 is 11.1 Å². The van der Waals surface area contributed by atoms with E-state index >= 15 is 0 Å². The van der Waals surface area contributed by atoms with Crippen molar-refractivity contribution in [3.63, 3.8) is 0 Å². The molecule has 4 heterocycles.